The van der Waals surface area contributed by atoms with Gasteiger partial charge in [0, 0.05) is 19.2 Å². The number of oxazole rings is 1. The van der Waals surface area contributed by atoms with Gasteiger partial charge in [0.25, 0.3) is 0 Å². The highest BCUT2D eigenvalue weighted by Crippen LogP contribution is 2.25. The Morgan fingerprint density at radius 2 is 2.04 bits per heavy atom. The highest BCUT2D eigenvalue weighted by Gasteiger charge is 2.26. The van der Waals surface area contributed by atoms with Crippen molar-refractivity contribution in [3.8, 4) is 0 Å². The van der Waals surface area contributed by atoms with Gasteiger partial charge >= 0.3 is 0 Å². The van der Waals surface area contributed by atoms with E-state index in [-0.39, 0.29) is 11.9 Å². The lowest BCUT2D eigenvalue weighted by atomic mass is 10.1. The highest BCUT2D eigenvalue weighted by molar-refractivity contribution is 5.37. The molecule has 0 N–H and O–H groups in total. The molecule has 1 aliphatic heterocycles. The van der Waals surface area contributed by atoms with E-state index in [1.165, 1.54) is 18.5 Å². The lowest BCUT2D eigenvalue weighted by Gasteiger charge is -2.32. The first-order chi connectivity index (χ1) is 12.3. The molecule has 0 amide bonds. The molecule has 3 heterocycles. The molecule has 4 rings (SSSR count). The summed E-state index contributed by atoms with van der Waals surface area (Å²) in [6.45, 7) is 1.95. The van der Waals surface area contributed by atoms with Crippen molar-refractivity contribution in [2.75, 3.05) is 24.6 Å². The van der Waals surface area contributed by atoms with E-state index in [0.29, 0.717) is 25.5 Å². The Bertz CT molecular complexity index is 823. The Labute approximate surface area is 144 Å². The first-order valence-corrected chi connectivity index (χ1v) is 8.09. The molecule has 0 unspecified atom stereocenters. The van der Waals surface area contributed by atoms with Crippen molar-refractivity contribution in [1.29, 1.82) is 0 Å². The van der Waals surface area contributed by atoms with Crippen molar-refractivity contribution in [2.24, 2.45) is 0 Å². The minimum Gasteiger partial charge on any atom is -0.442 e. The zero-order valence-electron chi connectivity index (χ0n) is 13.5. The standard InChI is InChI=1S/C18H17FN4O2/c19-14-3-1-13(2-4-14)9-15-10-21-18(25-15)16-11-23(7-8-24-16)17-5-6-20-12-22-17/h1-6,10,12,16H,7-9,11H2/t16-/m0/s1. The van der Waals surface area contributed by atoms with E-state index in [1.807, 2.05) is 6.07 Å². The lowest BCUT2D eigenvalue weighted by Crippen LogP contribution is -2.38. The third-order valence-corrected chi connectivity index (χ3v) is 4.10. The van der Waals surface area contributed by atoms with Gasteiger partial charge < -0.3 is 14.1 Å². The molecule has 2 aromatic heterocycles. The zero-order valence-corrected chi connectivity index (χ0v) is 13.5. The molecule has 6 nitrogen and oxygen atoms in total. The summed E-state index contributed by atoms with van der Waals surface area (Å²) in [7, 11) is 0. The molecule has 128 valence electrons. The summed E-state index contributed by atoms with van der Waals surface area (Å²) in [5, 5.41) is 0. The molecule has 0 aliphatic carbocycles. The van der Waals surface area contributed by atoms with E-state index in [9.17, 15) is 4.39 Å². The second-order valence-corrected chi connectivity index (χ2v) is 5.84. The second-order valence-electron chi connectivity index (χ2n) is 5.84. The number of anilines is 1. The summed E-state index contributed by atoms with van der Waals surface area (Å²) in [5.74, 6) is 1.89. The van der Waals surface area contributed by atoms with Crippen LogP contribution in [0.3, 0.4) is 0 Å². The number of rotatable bonds is 4. The van der Waals surface area contributed by atoms with Crippen LogP contribution in [-0.4, -0.2) is 34.6 Å². The number of hydrogen-bond acceptors (Lipinski definition) is 6. The monoisotopic (exact) mass is 340 g/mol. The van der Waals surface area contributed by atoms with Gasteiger partial charge in [0.05, 0.1) is 19.3 Å². The highest BCUT2D eigenvalue weighted by atomic mass is 19.1. The first-order valence-electron chi connectivity index (χ1n) is 8.09. The topological polar surface area (TPSA) is 64.3 Å². The van der Waals surface area contributed by atoms with Gasteiger partial charge in [0.2, 0.25) is 5.89 Å². The van der Waals surface area contributed by atoms with Crippen molar-refractivity contribution in [3.63, 3.8) is 0 Å². The van der Waals surface area contributed by atoms with Crippen molar-refractivity contribution >= 4 is 5.82 Å². The van der Waals surface area contributed by atoms with Gasteiger partial charge in [-0.05, 0) is 23.8 Å². The van der Waals surface area contributed by atoms with Crippen LogP contribution in [0.4, 0.5) is 10.2 Å². The van der Waals surface area contributed by atoms with Gasteiger partial charge in [-0.2, -0.15) is 0 Å². The number of aromatic nitrogens is 3. The minimum atomic E-state index is -0.248. The van der Waals surface area contributed by atoms with Gasteiger partial charge in [0.1, 0.15) is 23.7 Å². The zero-order chi connectivity index (χ0) is 17.1. The fourth-order valence-electron chi connectivity index (χ4n) is 2.83. The predicted molar refractivity (Wildman–Crippen MR) is 88.6 cm³/mol. The maximum absolute atomic E-state index is 13.0. The van der Waals surface area contributed by atoms with Crippen LogP contribution in [0, 0.1) is 5.82 Å². The minimum absolute atomic E-state index is 0.245. The van der Waals surface area contributed by atoms with Crippen LogP contribution in [0.2, 0.25) is 0 Å². The van der Waals surface area contributed by atoms with Crippen LogP contribution in [0.1, 0.15) is 23.3 Å². The molecule has 25 heavy (non-hydrogen) atoms. The Morgan fingerprint density at radius 3 is 2.84 bits per heavy atom. The van der Waals surface area contributed by atoms with E-state index < -0.39 is 0 Å². The molecule has 1 fully saturated rings. The number of nitrogens with zero attached hydrogens (tertiary/aromatic N) is 4. The number of benzene rings is 1. The summed E-state index contributed by atoms with van der Waals surface area (Å²) in [6, 6.07) is 8.24. The first kappa shape index (κ1) is 15.7. The van der Waals surface area contributed by atoms with Crippen LogP contribution >= 0.6 is 0 Å². The SMILES string of the molecule is Fc1ccc(Cc2cnc([C@@H]3CN(c4ccncn4)CCO3)o2)cc1. The van der Waals surface area contributed by atoms with Crippen molar-refractivity contribution < 1.29 is 13.5 Å². The van der Waals surface area contributed by atoms with Gasteiger partial charge in [-0.3, -0.25) is 0 Å². The smallest absolute Gasteiger partial charge is 0.225 e. The molecular weight excluding hydrogens is 323 g/mol. The third-order valence-electron chi connectivity index (χ3n) is 4.10. The fourth-order valence-corrected chi connectivity index (χ4v) is 2.83. The molecule has 3 aromatic rings. The molecule has 0 spiro atoms. The quantitative estimate of drug-likeness (QED) is 0.728. The van der Waals surface area contributed by atoms with E-state index in [4.69, 9.17) is 9.15 Å². The third kappa shape index (κ3) is 3.66. The number of ether oxygens (including phenoxy) is 1. The van der Waals surface area contributed by atoms with Crippen LogP contribution < -0.4 is 4.90 Å². The number of hydrogen-bond donors (Lipinski definition) is 0. The Balaban J connectivity index is 1.45. The van der Waals surface area contributed by atoms with Gasteiger partial charge in [-0.25, -0.2) is 19.3 Å². The van der Waals surface area contributed by atoms with Crippen molar-refractivity contribution in [2.45, 2.75) is 12.5 Å². The number of halogens is 1. The average molecular weight is 340 g/mol. The summed E-state index contributed by atoms with van der Waals surface area (Å²) >= 11 is 0. The summed E-state index contributed by atoms with van der Waals surface area (Å²) in [6.07, 6.45) is 5.27. The van der Waals surface area contributed by atoms with E-state index in [1.54, 1.807) is 24.5 Å². The summed E-state index contributed by atoms with van der Waals surface area (Å²) < 4.78 is 24.6. The predicted octanol–water partition coefficient (Wildman–Crippen LogP) is 2.77. The van der Waals surface area contributed by atoms with Gasteiger partial charge in [0.15, 0.2) is 6.10 Å². The summed E-state index contributed by atoms with van der Waals surface area (Å²) in [4.78, 5) is 14.7. The molecule has 7 heteroatoms. The molecule has 0 bridgehead atoms. The maximum atomic E-state index is 13.0. The largest absolute Gasteiger partial charge is 0.442 e. The molecule has 1 aliphatic rings. The van der Waals surface area contributed by atoms with Crippen molar-refractivity contribution in [3.05, 3.63) is 72.1 Å². The van der Waals surface area contributed by atoms with E-state index in [0.717, 1.165) is 23.7 Å². The lowest BCUT2D eigenvalue weighted by molar-refractivity contribution is 0.0214. The summed E-state index contributed by atoms with van der Waals surface area (Å²) in [5.41, 5.74) is 0.969. The average Bonchev–Trinajstić information content (AvgIpc) is 3.13. The maximum Gasteiger partial charge on any atom is 0.225 e. The molecule has 1 saturated heterocycles. The molecule has 0 saturated carbocycles. The van der Waals surface area contributed by atoms with Crippen molar-refractivity contribution in [1.82, 2.24) is 15.0 Å². The Kier molecular flexibility index (Phi) is 4.39. The second kappa shape index (κ2) is 6.98. The van der Waals surface area contributed by atoms with Crippen LogP contribution in [0.15, 0.2) is 53.5 Å². The fraction of sp³-hybridized carbons (Fsp3) is 0.278. The van der Waals surface area contributed by atoms with Crippen LogP contribution in [0.5, 0.6) is 0 Å². The molecule has 0 radical (unpaired) electrons. The van der Waals surface area contributed by atoms with Crippen LogP contribution in [-0.2, 0) is 11.2 Å². The van der Waals surface area contributed by atoms with Crippen LogP contribution in [0.25, 0.3) is 0 Å². The molecular formula is C18H17FN4O2. The molecule has 1 atom stereocenters. The van der Waals surface area contributed by atoms with E-state index >= 15 is 0 Å². The normalized spacial score (nSPS) is 17.6. The van der Waals surface area contributed by atoms with Gasteiger partial charge in [-0.15, -0.1) is 0 Å². The molecule has 1 aromatic carbocycles. The Morgan fingerprint density at radius 1 is 1.16 bits per heavy atom. The Hall–Kier alpha value is -2.80. The number of morpholine rings is 1. The van der Waals surface area contributed by atoms with Gasteiger partial charge in [-0.1, -0.05) is 12.1 Å². The van der Waals surface area contributed by atoms with E-state index in [2.05, 4.69) is 19.9 Å².